The molecule has 0 saturated heterocycles. The molecule has 0 amide bonds. The van der Waals surface area contributed by atoms with E-state index in [4.69, 9.17) is 14.8 Å². The first-order valence-electron chi connectivity index (χ1n) is 15.1. The monoisotopic (exact) mass is 612 g/mol. The molecule has 0 radical (unpaired) electrons. The number of ether oxygens (including phenoxy) is 1. The highest BCUT2D eigenvalue weighted by Crippen LogP contribution is 2.34. The number of hydrogen-bond donors (Lipinski definition) is 2. The number of rotatable bonds is 11. The SMILES string of the molecule is CN(C)CCOc1cc(F)cc(-n2c(-c3n[nH]c4ccc(-c5cncc(CNCc6ccccc6)c5)cc34)nc3cccnc32)c1. The van der Waals surface area contributed by atoms with Crippen LogP contribution >= 0.6 is 0 Å². The number of benzene rings is 3. The second-order valence-corrected chi connectivity index (χ2v) is 11.4. The summed E-state index contributed by atoms with van der Waals surface area (Å²) in [6.07, 6.45) is 5.45. The van der Waals surface area contributed by atoms with Crippen molar-refractivity contribution < 1.29 is 9.13 Å². The van der Waals surface area contributed by atoms with E-state index < -0.39 is 5.82 Å². The lowest BCUT2D eigenvalue weighted by atomic mass is 10.0. The van der Waals surface area contributed by atoms with E-state index in [1.165, 1.54) is 17.7 Å². The first-order chi connectivity index (χ1) is 22.5. The molecule has 7 aromatic rings. The largest absolute Gasteiger partial charge is 0.492 e. The van der Waals surface area contributed by atoms with Gasteiger partial charge >= 0.3 is 0 Å². The number of hydrogen-bond acceptors (Lipinski definition) is 7. The highest BCUT2D eigenvalue weighted by atomic mass is 19.1. The van der Waals surface area contributed by atoms with Gasteiger partial charge < -0.3 is 15.0 Å². The fourth-order valence-corrected chi connectivity index (χ4v) is 5.48. The van der Waals surface area contributed by atoms with E-state index in [0.717, 1.165) is 34.1 Å². The smallest absolute Gasteiger partial charge is 0.168 e. The summed E-state index contributed by atoms with van der Waals surface area (Å²) in [4.78, 5) is 16.1. The molecule has 0 spiro atoms. The fraction of sp³-hybridized carbons (Fsp3) is 0.167. The van der Waals surface area contributed by atoms with Crippen LogP contribution in [0.3, 0.4) is 0 Å². The van der Waals surface area contributed by atoms with Crippen LogP contribution in [0.25, 0.3) is 50.4 Å². The van der Waals surface area contributed by atoms with Gasteiger partial charge in [0.15, 0.2) is 11.5 Å². The van der Waals surface area contributed by atoms with E-state index in [2.05, 4.69) is 50.7 Å². The van der Waals surface area contributed by atoms with Crippen LogP contribution < -0.4 is 10.1 Å². The Kier molecular flexibility index (Phi) is 8.20. The zero-order valence-corrected chi connectivity index (χ0v) is 25.6. The number of aromatic amines is 1. The van der Waals surface area contributed by atoms with Gasteiger partial charge in [0.25, 0.3) is 0 Å². The van der Waals surface area contributed by atoms with Crippen molar-refractivity contribution >= 4 is 22.1 Å². The molecular weight excluding hydrogens is 579 g/mol. The maximum Gasteiger partial charge on any atom is 0.168 e. The van der Waals surface area contributed by atoms with E-state index in [1.807, 2.05) is 72.4 Å². The number of fused-ring (bicyclic) bond motifs is 2. The van der Waals surface area contributed by atoms with Gasteiger partial charge in [0.05, 0.1) is 11.2 Å². The Labute approximate surface area is 265 Å². The number of aromatic nitrogens is 6. The number of imidazole rings is 1. The fourth-order valence-electron chi connectivity index (χ4n) is 5.48. The Morgan fingerprint density at radius 3 is 2.63 bits per heavy atom. The molecule has 4 heterocycles. The van der Waals surface area contributed by atoms with Crippen LogP contribution in [0.4, 0.5) is 4.39 Å². The molecule has 9 nitrogen and oxygen atoms in total. The summed E-state index contributed by atoms with van der Waals surface area (Å²) in [6, 6.07) is 27.0. The van der Waals surface area contributed by atoms with E-state index in [0.29, 0.717) is 53.8 Å². The summed E-state index contributed by atoms with van der Waals surface area (Å²) in [5, 5.41) is 12.2. The van der Waals surface area contributed by atoms with Crippen molar-refractivity contribution in [3.8, 4) is 34.1 Å². The molecule has 3 aromatic carbocycles. The maximum atomic E-state index is 15.0. The van der Waals surface area contributed by atoms with Crippen molar-refractivity contribution in [3.05, 3.63) is 120 Å². The van der Waals surface area contributed by atoms with Crippen LogP contribution in [0.2, 0.25) is 0 Å². The number of likely N-dealkylation sites (N-methyl/N-ethyl adjacent to an activating group) is 1. The van der Waals surface area contributed by atoms with Crippen molar-refractivity contribution in [2.24, 2.45) is 0 Å². The molecule has 0 saturated carbocycles. The number of nitrogens with zero attached hydrogens (tertiary/aromatic N) is 6. The highest BCUT2D eigenvalue weighted by molar-refractivity contribution is 5.96. The van der Waals surface area contributed by atoms with Crippen molar-refractivity contribution in [1.82, 2.24) is 39.9 Å². The summed E-state index contributed by atoms with van der Waals surface area (Å²) in [7, 11) is 3.93. The third-order valence-electron chi connectivity index (χ3n) is 7.74. The summed E-state index contributed by atoms with van der Waals surface area (Å²) >= 11 is 0. The highest BCUT2D eigenvalue weighted by Gasteiger charge is 2.21. The van der Waals surface area contributed by atoms with Crippen molar-refractivity contribution in [2.75, 3.05) is 27.2 Å². The lowest BCUT2D eigenvalue weighted by Crippen LogP contribution is -2.19. The average molecular weight is 613 g/mol. The zero-order chi connectivity index (χ0) is 31.5. The molecule has 7 rings (SSSR count). The Morgan fingerprint density at radius 1 is 0.891 bits per heavy atom. The van der Waals surface area contributed by atoms with E-state index in [9.17, 15) is 4.39 Å². The van der Waals surface area contributed by atoms with Gasteiger partial charge in [-0.2, -0.15) is 5.10 Å². The Balaban J connectivity index is 1.24. The predicted molar refractivity (Wildman–Crippen MR) is 178 cm³/mol. The second-order valence-electron chi connectivity index (χ2n) is 11.4. The molecule has 2 N–H and O–H groups in total. The number of pyridine rings is 2. The third kappa shape index (κ3) is 6.21. The molecule has 0 aliphatic heterocycles. The first kappa shape index (κ1) is 29.3. The Hall–Kier alpha value is -5.45. The van der Waals surface area contributed by atoms with Crippen LogP contribution in [0.5, 0.6) is 5.75 Å². The Bertz CT molecular complexity index is 2120. The quantitative estimate of drug-likeness (QED) is 0.175. The van der Waals surface area contributed by atoms with Crippen LogP contribution in [0.1, 0.15) is 11.1 Å². The van der Waals surface area contributed by atoms with Crippen molar-refractivity contribution in [1.29, 1.82) is 0 Å². The lowest BCUT2D eigenvalue weighted by molar-refractivity contribution is 0.260. The van der Waals surface area contributed by atoms with Gasteiger partial charge in [0.2, 0.25) is 0 Å². The molecule has 10 heteroatoms. The molecule has 230 valence electrons. The molecule has 0 aliphatic rings. The standard InChI is InChI=1S/C36H33FN8O/c1-44(2)13-14-46-30-18-28(37)17-29(19-30)45-35-33(9-6-12-40-35)41-36(45)34-31-16-26(10-11-32(31)42-43-34)27-15-25(22-39-23-27)21-38-20-24-7-4-3-5-8-24/h3-12,15-19,22-23,38H,13-14,20-21H2,1-2H3,(H,42,43). The van der Waals surface area contributed by atoms with Gasteiger partial charge in [0.1, 0.15) is 29.4 Å². The lowest BCUT2D eigenvalue weighted by Gasteiger charge is -2.13. The molecule has 0 atom stereocenters. The van der Waals surface area contributed by atoms with Crippen LogP contribution in [0, 0.1) is 5.82 Å². The predicted octanol–water partition coefficient (Wildman–Crippen LogP) is 6.40. The van der Waals surface area contributed by atoms with Crippen LogP contribution in [0.15, 0.2) is 104 Å². The molecule has 0 bridgehead atoms. The van der Waals surface area contributed by atoms with Gasteiger partial charge in [-0.3, -0.25) is 14.6 Å². The van der Waals surface area contributed by atoms with Crippen molar-refractivity contribution in [2.45, 2.75) is 13.1 Å². The number of halogens is 1. The molecule has 0 aliphatic carbocycles. The summed E-state index contributed by atoms with van der Waals surface area (Å²) < 4.78 is 22.7. The Morgan fingerprint density at radius 2 is 1.76 bits per heavy atom. The molecular formula is C36H33FN8O. The summed E-state index contributed by atoms with van der Waals surface area (Å²) in [6.45, 7) is 2.61. The topological polar surface area (TPSA) is 96.8 Å². The van der Waals surface area contributed by atoms with E-state index in [-0.39, 0.29) is 0 Å². The second kappa shape index (κ2) is 12.9. The van der Waals surface area contributed by atoms with Gasteiger partial charge in [-0.05, 0) is 67.2 Å². The summed E-state index contributed by atoms with van der Waals surface area (Å²) in [5.74, 6) is 0.556. The first-order valence-corrected chi connectivity index (χ1v) is 15.1. The van der Waals surface area contributed by atoms with E-state index >= 15 is 0 Å². The maximum absolute atomic E-state index is 15.0. The number of nitrogens with one attached hydrogen (secondary N) is 2. The third-order valence-corrected chi connectivity index (χ3v) is 7.74. The van der Waals surface area contributed by atoms with E-state index in [1.54, 1.807) is 12.3 Å². The minimum absolute atomic E-state index is 0.416. The number of H-pyrrole nitrogens is 1. The summed E-state index contributed by atoms with van der Waals surface area (Å²) in [5.41, 5.74) is 7.60. The minimum atomic E-state index is -0.416. The van der Waals surface area contributed by atoms with Crippen LogP contribution in [-0.2, 0) is 13.1 Å². The van der Waals surface area contributed by atoms with Gasteiger partial charge in [-0.15, -0.1) is 0 Å². The minimum Gasteiger partial charge on any atom is -0.492 e. The van der Waals surface area contributed by atoms with Gasteiger partial charge in [-0.25, -0.2) is 14.4 Å². The van der Waals surface area contributed by atoms with Crippen molar-refractivity contribution in [3.63, 3.8) is 0 Å². The van der Waals surface area contributed by atoms with Crippen LogP contribution in [-0.4, -0.2) is 61.9 Å². The zero-order valence-electron chi connectivity index (χ0n) is 25.6. The molecule has 46 heavy (non-hydrogen) atoms. The average Bonchev–Trinajstić information content (AvgIpc) is 3.66. The molecule has 0 unspecified atom stereocenters. The van der Waals surface area contributed by atoms with Gasteiger partial charge in [0, 0.05) is 61.3 Å². The normalized spacial score (nSPS) is 11.6. The molecule has 4 aromatic heterocycles. The molecule has 0 fully saturated rings. The van der Waals surface area contributed by atoms with Gasteiger partial charge in [-0.1, -0.05) is 36.4 Å².